The number of unbranched alkanes of at least 4 members (excludes halogenated alkanes) is 1. The molecule has 0 aromatic rings. The number of nitrogens with one attached hydrogen (secondary N) is 2. The van der Waals surface area contributed by atoms with Gasteiger partial charge in [-0.25, -0.2) is 0 Å². The molecule has 0 radical (unpaired) electrons. The molecule has 1 aliphatic heterocycles. The fraction of sp³-hybridized carbons (Fsp3) is 1.00. The van der Waals surface area contributed by atoms with Gasteiger partial charge in [-0.1, -0.05) is 19.8 Å². The van der Waals surface area contributed by atoms with Crippen LogP contribution in [0.5, 0.6) is 0 Å². The molecule has 78 valence electrons. The molecule has 2 N–H and O–H groups in total. The van der Waals surface area contributed by atoms with Crippen LogP contribution < -0.4 is 10.6 Å². The summed E-state index contributed by atoms with van der Waals surface area (Å²) in [4.78, 5) is 0. The summed E-state index contributed by atoms with van der Waals surface area (Å²) in [6.45, 7) is 8.08. The Hall–Kier alpha value is -0.0800. The van der Waals surface area contributed by atoms with E-state index in [1.807, 2.05) is 0 Å². The van der Waals surface area contributed by atoms with Crippen molar-refractivity contribution in [1.29, 1.82) is 0 Å². The lowest BCUT2D eigenvalue weighted by Gasteiger charge is -2.35. The predicted octanol–water partition coefficient (Wildman–Crippen LogP) is 1.91. The zero-order valence-electron chi connectivity index (χ0n) is 9.16. The van der Waals surface area contributed by atoms with Gasteiger partial charge in [-0.3, -0.25) is 0 Å². The first kappa shape index (κ1) is 11.0. The van der Waals surface area contributed by atoms with Crippen LogP contribution in [0.1, 0.15) is 46.0 Å². The molecule has 1 heterocycles. The fourth-order valence-electron chi connectivity index (χ4n) is 1.94. The maximum absolute atomic E-state index is 3.61. The van der Waals surface area contributed by atoms with Crippen LogP contribution in [0.15, 0.2) is 0 Å². The number of hydrogen-bond acceptors (Lipinski definition) is 2. The minimum Gasteiger partial charge on any atom is -0.315 e. The molecule has 1 aliphatic rings. The second-order valence-corrected chi connectivity index (χ2v) is 4.47. The van der Waals surface area contributed by atoms with Gasteiger partial charge in [0.25, 0.3) is 0 Å². The number of hydrogen-bond donors (Lipinski definition) is 2. The summed E-state index contributed by atoms with van der Waals surface area (Å²) in [5.74, 6) is 0. The molecule has 2 nitrogen and oxygen atoms in total. The standard InChI is InChI=1S/C11H24N2/c1-3-4-8-12-10-11(2)7-5-6-9-13-11/h12-13H,3-10H2,1-2H3. The van der Waals surface area contributed by atoms with E-state index in [9.17, 15) is 0 Å². The van der Waals surface area contributed by atoms with Crippen LogP contribution in [0.2, 0.25) is 0 Å². The summed E-state index contributed by atoms with van der Waals surface area (Å²) in [6.07, 6.45) is 6.66. The molecule has 0 aromatic carbocycles. The lowest BCUT2D eigenvalue weighted by Crippen LogP contribution is -2.52. The Bertz CT molecular complexity index is 128. The first-order valence-electron chi connectivity index (χ1n) is 5.72. The maximum atomic E-state index is 3.61. The van der Waals surface area contributed by atoms with E-state index in [1.54, 1.807) is 0 Å². The van der Waals surface area contributed by atoms with Gasteiger partial charge < -0.3 is 10.6 Å². The van der Waals surface area contributed by atoms with Gasteiger partial charge in [0.1, 0.15) is 0 Å². The second kappa shape index (κ2) is 5.61. The molecule has 0 saturated carbocycles. The molecule has 1 atom stereocenters. The highest BCUT2D eigenvalue weighted by atomic mass is 15.0. The Morgan fingerprint density at radius 2 is 2.23 bits per heavy atom. The van der Waals surface area contributed by atoms with Crippen LogP contribution >= 0.6 is 0 Å². The first-order chi connectivity index (χ1) is 6.27. The molecule has 0 amide bonds. The highest BCUT2D eigenvalue weighted by Crippen LogP contribution is 2.17. The molecule has 1 saturated heterocycles. The Morgan fingerprint density at radius 1 is 1.38 bits per heavy atom. The molecular weight excluding hydrogens is 160 g/mol. The zero-order valence-corrected chi connectivity index (χ0v) is 9.16. The van der Waals surface area contributed by atoms with E-state index in [1.165, 1.54) is 45.2 Å². The summed E-state index contributed by atoms with van der Waals surface area (Å²) in [6, 6.07) is 0. The topological polar surface area (TPSA) is 24.1 Å². The quantitative estimate of drug-likeness (QED) is 0.638. The second-order valence-electron chi connectivity index (χ2n) is 4.47. The van der Waals surface area contributed by atoms with Gasteiger partial charge in [-0.05, 0) is 39.3 Å². The van der Waals surface area contributed by atoms with Crippen LogP contribution in [0.25, 0.3) is 0 Å². The van der Waals surface area contributed by atoms with Crippen molar-refractivity contribution in [3.63, 3.8) is 0 Å². The Labute approximate surface area is 82.5 Å². The van der Waals surface area contributed by atoms with Gasteiger partial charge in [0.05, 0.1) is 0 Å². The van der Waals surface area contributed by atoms with Crippen LogP contribution in [0, 0.1) is 0 Å². The van der Waals surface area contributed by atoms with Crippen molar-refractivity contribution in [1.82, 2.24) is 10.6 Å². The monoisotopic (exact) mass is 184 g/mol. The predicted molar refractivity (Wildman–Crippen MR) is 58.0 cm³/mol. The smallest absolute Gasteiger partial charge is 0.0277 e. The highest BCUT2D eigenvalue weighted by molar-refractivity contribution is 4.88. The lowest BCUT2D eigenvalue weighted by molar-refractivity contribution is 0.267. The van der Waals surface area contributed by atoms with Gasteiger partial charge >= 0.3 is 0 Å². The zero-order chi connectivity index (χ0) is 9.57. The van der Waals surface area contributed by atoms with E-state index >= 15 is 0 Å². The summed E-state index contributed by atoms with van der Waals surface area (Å²) < 4.78 is 0. The molecule has 1 unspecified atom stereocenters. The van der Waals surface area contributed by atoms with E-state index in [-0.39, 0.29) is 0 Å². The highest BCUT2D eigenvalue weighted by Gasteiger charge is 2.24. The lowest BCUT2D eigenvalue weighted by atomic mass is 9.91. The summed E-state index contributed by atoms with van der Waals surface area (Å²) in [5, 5.41) is 7.14. The molecule has 0 spiro atoms. The fourth-order valence-corrected chi connectivity index (χ4v) is 1.94. The van der Waals surface area contributed by atoms with Crippen molar-refractivity contribution in [3.8, 4) is 0 Å². The Balaban J connectivity index is 2.10. The molecule has 1 rings (SSSR count). The van der Waals surface area contributed by atoms with Crippen LogP contribution in [0.3, 0.4) is 0 Å². The average Bonchev–Trinajstić information content (AvgIpc) is 2.14. The van der Waals surface area contributed by atoms with E-state index in [4.69, 9.17) is 0 Å². The third kappa shape index (κ3) is 4.10. The van der Waals surface area contributed by atoms with Crippen molar-refractivity contribution in [2.75, 3.05) is 19.6 Å². The molecule has 0 aromatic heterocycles. The van der Waals surface area contributed by atoms with E-state index < -0.39 is 0 Å². The SMILES string of the molecule is CCCCNCC1(C)CCCCN1. The van der Waals surface area contributed by atoms with Gasteiger partial charge in [0.2, 0.25) is 0 Å². The van der Waals surface area contributed by atoms with Crippen molar-refractivity contribution >= 4 is 0 Å². The largest absolute Gasteiger partial charge is 0.315 e. The average molecular weight is 184 g/mol. The Kier molecular flexibility index (Phi) is 4.74. The molecule has 0 bridgehead atoms. The van der Waals surface area contributed by atoms with Crippen molar-refractivity contribution < 1.29 is 0 Å². The summed E-state index contributed by atoms with van der Waals surface area (Å²) >= 11 is 0. The summed E-state index contributed by atoms with van der Waals surface area (Å²) in [7, 11) is 0. The van der Waals surface area contributed by atoms with Crippen LogP contribution in [-0.4, -0.2) is 25.2 Å². The normalized spacial score (nSPS) is 29.1. The third-order valence-corrected chi connectivity index (χ3v) is 2.93. The maximum Gasteiger partial charge on any atom is 0.0277 e. The van der Waals surface area contributed by atoms with Crippen LogP contribution in [0.4, 0.5) is 0 Å². The minimum absolute atomic E-state index is 0.367. The van der Waals surface area contributed by atoms with Crippen molar-refractivity contribution in [3.05, 3.63) is 0 Å². The molecule has 0 aliphatic carbocycles. The van der Waals surface area contributed by atoms with Gasteiger partial charge in [0.15, 0.2) is 0 Å². The molecule has 13 heavy (non-hydrogen) atoms. The van der Waals surface area contributed by atoms with E-state index in [0.717, 1.165) is 6.54 Å². The summed E-state index contributed by atoms with van der Waals surface area (Å²) in [5.41, 5.74) is 0.367. The third-order valence-electron chi connectivity index (χ3n) is 2.93. The van der Waals surface area contributed by atoms with Gasteiger partial charge in [-0.2, -0.15) is 0 Å². The molecule has 1 fully saturated rings. The minimum atomic E-state index is 0.367. The molecular formula is C11H24N2. The van der Waals surface area contributed by atoms with Crippen molar-refractivity contribution in [2.45, 2.75) is 51.5 Å². The van der Waals surface area contributed by atoms with Crippen molar-refractivity contribution in [2.24, 2.45) is 0 Å². The molecule has 2 heteroatoms. The van der Waals surface area contributed by atoms with E-state index in [2.05, 4.69) is 24.5 Å². The first-order valence-corrected chi connectivity index (χ1v) is 5.72. The Morgan fingerprint density at radius 3 is 2.85 bits per heavy atom. The van der Waals surface area contributed by atoms with Crippen LogP contribution in [-0.2, 0) is 0 Å². The van der Waals surface area contributed by atoms with E-state index in [0.29, 0.717) is 5.54 Å². The number of piperidine rings is 1. The number of rotatable bonds is 5. The van der Waals surface area contributed by atoms with Gasteiger partial charge in [0, 0.05) is 12.1 Å². The van der Waals surface area contributed by atoms with Gasteiger partial charge in [-0.15, -0.1) is 0 Å².